The lowest BCUT2D eigenvalue weighted by Gasteiger charge is -2.14. The maximum atomic E-state index is 13.1. The average Bonchev–Trinajstić information content (AvgIpc) is 3.21. The quantitative estimate of drug-likeness (QED) is 0.567. The first-order valence-corrected chi connectivity index (χ1v) is 9.13. The predicted octanol–water partition coefficient (Wildman–Crippen LogP) is 4.43. The van der Waals surface area contributed by atoms with Crippen molar-refractivity contribution in [2.75, 3.05) is 0 Å². The summed E-state index contributed by atoms with van der Waals surface area (Å²) in [6.07, 6.45) is 5.19. The van der Waals surface area contributed by atoms with Gasteiger partial charge in [0.05, 0.1) is 17.3 Å². The lowest BCUT2D eigenvalue weighted by atomic mass is 10.1. The number of carbonyl (C=O) groups excluding carboxylic acids is 1. The molecule has 5 nitrogen and oxygen atoms in total. The second-order valence-corrected chi connectivity index (χ2v) is 6.52. The number of carbonyl (C=O) groups is 1. The molecule has 0 fully saturated rings. The Morgan fingerprint density at radius 2 is 1.68 bits per heavy atom. The monoisotopic (exact) mass is 368 g/mol. The van der Waals surface area contributed by atoms with Gasteiger partial charge >= 0.3 is 0 Å². The van der Waals surface area contributed by atoms with Crippen LogP contribution in [0, 0.1) is 0 Å². The molecule has 138 valence electrons. The van der Waals surface area contributed by atoms with E-state index in [0.29, 0.717) is 11.3 Å². The van der Waals surface area contributed by atoms with E-state index in [-0.39, 0.29) is 11.9 Å². The Balaban J connectivity index is 1.70. The number of hydrogen-bond donors (Lipinski definition) is 1. The topological polar surface area (TPSA) is 59.8 Å². The van der Waals surface area contributed by atoms with Crippen LogP contribution in [0.15, 0.2) is 91.4 Å². The first-order valence-electron chi connectivity index (χ1n) is 9.13. The molecule has 0 radical (unpaired) electrons. The molecule has 0 unspecified atom stereocenters. The summed E-state index contributed by atoms with van der Waals surface area (Å²) in [6, 6.07) is 23.3. The van der Waals surface area contributed by atoms with E-state index in [9.17, 15) is 4.79 Å². The van der Waals surface area contributed by atoms with E-state index >= 15 is 0 Å². The smallest absolute Gasteiger partial charge is 0.255 e. The minimum Gasteiger partial charge on any atom is -0.345 e. The highest BCUT2D eigenvalue weighted by atomic mass is 16.1. The van der Waals surface area contributed by atoms with Gasteiger partial charge in [-0.05, 0) is 36.8 Å². The van der Waals surface area contributed by atoms with Crippen LogP contribution in [0.3, 0.4) is 0 Å². The van der Waals surface area contributed by atoms with Crippen molar-refractivity contribution in [1.29, 1.82) is 0 Å². The van der Waals surface area contributed by atoms with Crippen LogP contribution in [-0.2, 0) is 0 Å². The maximum Gasteiger partial charge on any atom is 0.255 e. The molecule has 0 aliphatic rings. The third kappa shape index (κ3) is 3.69. The zero-order chi connectivity index (χ0) is 19.3. The van der Waals surface area contributed by atoms with E-state index in [2.05, 4.69) is 15.4 Å². The van der Waals surface area contributed by atoms with Gasteiger partial charge < -0.3 is 5.32 Å². The molecular weight excluding hydrogens is 348 g/mol. The number of aromatic nitrogens is 3. The fraction of sp³-hybridized carbons (Fsp3) is 0.0870. The van der Waals surface area contributed by atoms with Crippen LogP contribution in [0.2, 0.25) is 0 Å². The Labute approximate surface area is 163 Å². The third-order valence-corrected chi connectivity index (χ3v) is 4.56. The zero-order valence-corrected chi connectivity index (χ0v) is 15.5. The fourth-order valence-corrected chi connectivity index (χ4v) is 3.07. The van der Waals surface area contributed by atoms with Gasteiger partial charge in [-0.3, -0.25) is 9.78 Å². The molecule has 5 heteroatoms. The maximum absolute atomic E-state index is 13.1. The van der Waals surface area contributed by atoms with Crippen LogP contribution < -0.4 is 5.32 Å². The van der Waals surface area contributed by atoms with Crippen LogP contribution in [0.1, 0.15) is 28.9 Å². The SMILES string of the molecule is C[C@@H](NC(=O)c1cn(-c2ccccc2)nc1-c1cccnc1)c1ccccc1. The number of amides is 1. The highest BCUT2D eigenvalue weighted by Crippen LogP contribution is 2.24. The largest absolute Gasteiger partial charge is 0.345 e. The van der Waals surface area contributed by atoms with Crippen molar-refractivity contribution in [2.45, 2.75) is 13.0 Å². The molecule has 4 rings (SSSR count). The highest BCUT2D eigenvalue weighted by Gasteiger charge is 2.20. The lowest BCUT2D eigenvalue weighted by Crippen LogP contribution is -2.26. The van der Waals surface area contributed by atoms with Crippen LogP contribution in [0.5, 0.6) is 0 Å². The summed E-state index contributed by atoms with van der Waals surface area (Å²) >= 11 is 0. The standard InChI is InChI=1S/C23H20N4O/c1-17(18-9-4-2-5-10-18)25-23(28)21-16-27(20-12-6-3-7-13-20)26-22(21)19-11-8-14-24-15-19/h2-17H,1H3,(H,25,28)/t17-/m1/s1. The second kappa shape index (κ2) is 7.88. The van der Waals surface area contributed by atoms with Crippen molar-refractivity contribution in [2.24, 2.45) is 0 Å². The predicted molar refractivity (Wildman–Crippen MR) is 109 cm³/mol. The molecule has 0 aliphatic heterocycles. The van der Waals surface area contributed by atoms with Crippen LogP contribution in [0.4, 0.5) is 0 Å². The van der Waals surface area contributed by atoms with Gasteiger partial charge in [0.2, 0.25) is 0 Å². The number of benzene rings is 2. The van der Waals surface area contributed by atoms with E-state index in [0.717, 1.165) is 16.8 Å². The summed E-state index contributed by atoms with van der Waals surface area (Å²) in [6.45, 7) is 1.97. The summed E-state index contributed by atoms with van der Waals surface area (Å²) in [4.78, 5) is 17.3. The molecule has 2 aromatic carbocycles. The molecule has 0 saturated heterocycles. The van der Waals surface area contributed by atoms with Crippen molar-refractivity contribution >= 4 is 5.91 Å². The van der Waals surface area contributed by atoms with E-state index in [1.807, 2.05) is 79.7 Å². The normalized spacial score (nSPS) is 11.8. The lowest BCUT2D eigenvalue weighted by molar-refractivity contribution is 0.0940. The molecule has 1 atom stereocenters. The summed E-state index contributed by atoms with van der Waals surface area (Å²) in [7, 11) is 0. The Bertz CT molecular complexity index is 1060. The van der Waals surface area contributed by atoms with Gasteiger partial charge in [0, 0.05) is 24.2 Å². The Hall–Kier alpha value is -3.73. The number of rotatable bonds is 5. The van der Waals surface area contributed by atoms with E-state index in [4.69, 9.17) is 0 Å². The molecule has 0 bridgehead atoms. The van der Waals surface area contributed by atoms with Crippen LogP contribution in [0.25, 0.3) is 16.9 Å². The minimum absolute atomic E-state index is 0.115. The highest BCUT2D eigenvalue weighted by molar-refractivity contribution is 6.00. The van der Waals surface area contributed by atoms with Crippen molar-refractivity contribution in [3.05, 3.63) is 103 Å². The number of para-hydroxylation sites is 1. The average molecular weight is 368 g/mol. The van der Waals surface area contributed by atoms with E-state index in [1.165, 1.54) is 0 Å². The molecule has 1 N–H and O–H groups in total. The van der Waals surface area contributed by atoms with Gasteiger partial charge in [-0.15, -0.1) is 0 Å². The molecular formula is C23H20N4O. The van der Waals surface area contributed by atoms with Crippen molar-refractivity contribution in [3.8, 4) is 16.9 Å². The summed E-state index contributed by atoms with van der Waals surface area (Å²) < 4.78 is 1.73. The van der Waals surface area contributed by atoms with Gasteiger partial charge in [0.1, 0.15) is 5.69 Å². The van der Waals surface area contributed by atoms with Crippen molar-refractivity contribution in [1.82, 2.24) is 20.1 Å². The Morgan fingerprint density at radius 1 is 0.964 bits per heavy atom. The molecule has 4 aromatic rings. The van der Waals surface area contributed by atoms with Gasteiger partial charge in [0.25, 0.3) is 5.91 Å². The van der Waals surface area contributed by atoms with Crippen LogP contribution >= 0.6 is 0 Å². The van der Waals surface area contributed by atoms with Crippen molar-refractivity contribution in [3.63, 3.8) is 0 Å². The molecule has 1 amide bonds. The van der Waals surface area contributed by atoms with Gasteiger partial charge in [-0.25, -0.2) is 4.68 Å². The van der Waals surface area contributed by atoms with Gasteiger partial charge in [-0.2, -0.15) is 5.10 Å². The second-order valence-electron chi connectivity index (χ2n) is 6.52. The number of nitrogens with one attached hydrogen (secondary N) is 1. The van der Waals surface area contributed by atoms with Crippen LogP contribution in [-0.4, -0.2) is 20.7 Å². The minimum atomic E-state index is -0.169. The summed E-state index contributed by atoms with van der Waals surface area (Å²) in [5.41, 5.74) is 3.86. The Kier molecular flexibility index (Phi) is 4.97. The van der Waals surface area contributed by atoms with E-state index < -0.39 is 0 Å². The van der Waals surface area contributed by atoms with Gasteiger partial charge in [-0.1, -0.05) is 48.5 Å². The summed E-state index contributed by atoms with van der Waals surface area (Å²) in [5, 5.41) is 7.74. The van der Waals surface area contributed by atoms with Crippen molar-refractivity contribution < 1.29 is 4.79 Å². The molecule has 2 heterocycles. The molecule has 0 saturated carbocycles. The number of nitrogens with zero attached hydrogens (tertiary/aromatic N) is 3. The Morgan fingerprint density at radius 3 is 2.36 bits per heavy atom. The molecule has 0 spiro atoms. The van der Waals surface area contributed by atoms with E-state index in [1.54, 1.807) is 23.3 Å². The number of pyridine rings is 1. The summed E-state index contributed by atoms with van der Waals surface area (Å²) in [5.74, 6) is -0.169. The molecule has 0 aliphatic carbocycles. The first kappa shape index (κ1) is 17.7. The fourth-order valence-electron chi connectivity index (χ4n) is 3.07. The van der Waals surface area contributed by atoms with Gasteiger partial charge in [0.15, 0.2) is 0 Å². The third-order valence-electron chi connectivity index (χ3n) is 4.56. The zero-order valence-electron chi connectivity index (χ0n) is 15.5. The molecule has 28 heavy (non-hydrogen) atoms. The first-order chi connectivity index (χ1) is 13.7. The number of hydrogen-bond acceptors (Lipinski definition) is 3. The molecule has 2 aromatic heterocycles.